The lowest BCUT2D eigenvalue weighted by atomic mass is 10.2. The zero-order valence-corrected chi connectivity index (χ0v) is 10.4. The molecule has 19 heavy (non-hydrogen) atoms. The van der Waals surface area contributed by atoms with E-state index in [0.717, 1.165) is 18.4 Å². The first-order valence-corrected chi connectivity index (χ1v) is 6.30. The highest BCUT2D eigenvalue weighted by atomic mass is 16.2. The van der Waals surface area contributed by atoms with Crippen molar-refractivity contribution in [3.05, 3.63) is 54.4 Å². The van der Waals surface area contributed by atoms with Crippen molar-refractivity contribution in [3.63, 3.8) is 0 Å². The highest BCUT2D eigenvalue weighted by Gasteiger charge is 2.33. The van der Waals surface area contributed by atoms with Gasteiger partial charge in [0.1, 0.15) is 5.69 Å². The molecule has 2 aromatic rings. The topological polar surface area (TPSA) is 59.0 Å². The molecule has 0 aromatic carbocycles. The standard InChI is InChI=1S/C14H14N4O/c19-14(13-9-16-6-7-17-13)18(12-3-4-12)10-11-2-1-5-15-8-11/h1-2,5-9,12H,3-4,10H2. The minimum Gasteiger partial charge on any atom is -0.330 e. The average molecular weight is 254 g/mol. The lowest BCUT2D eigenvalue weighted by molar-refractivity contribution is 0.0723. The molecule has 1 saturated carbocycles. The Morgan fingerprint density at radius 3 is 2.68 bits per heavy atom. The van der Waals surface area contributed by atoms with Crippen LogP contribution in [-0.2, 0) is 6.54 Å². The second-order valence-electron chi connectivity index (χ2n) is 4.62. The maximum atomic E-state index is 12.4. The summed E-state index contributed by atoms with van der Waals surface area (Å²) in [7, 11) is 0. The molecule has 5 nitrogen and oxygen atoms in total. The number of hydrogen-bond acceptors (Lipinski definition) is 4. The fraction of sp³-hybridized carbons (Fsp3) is 0.286. The predicted molar refractivity (Wildman–Crippen MR) is 69.2 cm³/mol. The number of nitrogens with zero attached hydrogens (tertiary/aromatic N) is 4. The van der Waals surface area contributed by atoms with Crippen LogP contribution in [0.1, 0.15) is 28.9 Å². The Labute approximate surface area is 111 Å². The van der Waals surface area contributed by atoms with Gasteiger partial charge in [0, 0.05) is 37.4 Å². The van der Waals surface area contributed by atoms with Crippen molar-refractivity contribution in [2.75, 3.05) is 0 Å². The lowest BCUT2D eigenvalue weighted by Crippen LogP contribution is -2.33. The first kappa shape index (κ1) is 11.8. The number of carbonyl (C=O) groups excluding carboxylic acids is 1. The Kier molecular flexibility index (Phi) is 3.18. The summed E-state index contributed by atoms with van der Waals surface area (Å²) in [5.74, 6) is -0.0561. The maximum Gasteiger partial charge on any atom is 0.274 e. The van der Waals surface area contributed by atoms with E-state index in [4.69, 9.17) is 0 Å². The molecule has 1 amide bonds. The van der Waals surface area contributed by atoms with E-state index in [-0.39, 0.29) is 5.91 Å². The summed E-state index contributed by atoms with van der Waals surface area (Å²) in [6.07, 6.45) is 10.3. The van der Waals surface area contributed by atoms with Crippen molar-refractivity contribution in [2.45, 2.75) is 25.4 Å². The molecule has 2 aromatic heterocycles. The highest BCUT2D eigenvalue weighted by molar-refractivity contribution is 5.92. The molecular formula is C14H14N4O. The zero-order chi connectivity index (χ0) is 13.1. The van der Waals surface area contributed by atoms with Gasteiger partial charge in [-0.05, 0) is 24.5 Å². The van der Waals surface area contributed by atoms with Gasteiger partial charge in [0.25, 0.3) is 5.91 Å². The van der Waals surface area contributed by atoms with Crippen LogP contribution in [0.25, 0.3) is 0 Å². The van der Waals surface area contributed by atoms with Gasteiger partial charge in [-0.1, -0.05) is 6.07 Å². The SMILES string of the molecule is O=C(c1cnccn1)N(Cc1cccnc1)C1CC1. The molecule has 0 spiro atoms. The summed E-state index contributed by atoms with van der Waals surface area (Å²) in [5, 5.41) is 0. The second kappa shape index (κ2) is 5.14. The van der Waals surface area contributed by atoms with E-state index in [2.05, 4.69) is 15.0 Å². The Balaban J connectivity index is 1.80. The van der Waals surface area contributed by atoms with Gasteiger partial charge in [0.15, 0.2) is 0 Å². The molecule has 0 radical (unpaired) electrons. The van der Waals surface area contributed by atoms with Gasteiger partial charge >= 0.3 is 0 Å². The largest absolute Gasteiger partial charge is 0.330 e. The normalized spacial score (nSPS) is 14.1. The quantitative estimate of drug-likeness (QED) is 0.832. The fourth-order valence-electron chi connectivity index (χ4n) is 2.00. The van der Waals surface area contributed by atoms with Gasteiger partial charge in [-0.3, -0.25) is 14.8 Å². The van der Waals surface area contributed by atoms with Crippen LogP contribution in [0.4, 0.5) is 0 Å². The molecule has 0 unspecified atom stereocenters. The molecule has 96 valence electrons. The average Bonchev–Trinajstić information content (AvgIpc) is 3.31. The molecule has 5 heteroatoms. The minimum atomic E-state index is -0.0561. The van der Waals surface area contributed by atoms with Crippen LogP contribution < -0.4 is 0 Å². The summed E-state index contributed by atoms with van der Waals surface area (Å²) < 4.78 is 0. The van der Waals surface area contributed by atoms with Crippen molar-refractivity contribution in [1.82, 2.24) is 19.9 Å². The third kappa shape index (κ3) is 2.76. The number of hydrogen-bond donors (Lipinski definition) is 0. The third-order valence-corrected chi connectivity index (χ3v) is 3.11. The predicted octanol–water partition coefficient (Wildman–Crippen LogP) is 1.68. The van der Waals surface area contributed by atoms with Crippen LogP contribution in [0.5, 0.6) is 0 Å². The van der Waals surface area contributed by atoms with Crippen molar-refractivity contribution in [2.24, 2.45) is 0 Å². The van der Waals surface area contributed by atoms with E-state index in [9.17, 15) is 4.79 Å². The molecule has 0 saturated heterocycles. The van der Waals surface area contributed by atoms with Crippen LogP contribution in [0, 0.1) is 0 Å². The molecule has 3 rings (SSSR count). The van der Waals surface area contributed by atoms with Gasteiger partial charge < -0.3 is 4.90 Å². The monoisotopic (exact) mass is 254 g/mol. The van der Waals surface area contributed by atoms with Crippen LogP contribution in [0.15, 0.2) is 43.1 Å². The Hall–Kier alpha value is -2.30. The Morgan fingerprint density at radius 2 is 2.05 bits per heavy atom. The molecule has 2 heterocycles. The van der Waals surface area contributed by atoms with Gasteiger partial charge in [-0.15, -0.1) is 0 Å². The summed E-state index contributed by atoms with van der Waals surface area (Å²) in [5.41, 5.74) is 1.44. The van der Waals surface area contributed by atoms with Crippen molar-refractivity contribution in [3.8, 4) is 0 Å². The van der Waals surface area contributed by atoms with E-state index < -0.39 is 0 Å². The molecular weight excluding hydrogens is 240 g/mol. The first-order valence-electron chi connectivity index (χ1n) is 6.30. The van der Waals surface area contributed by atoms with Crippen molar-refractivity contribution < 1.29 is 4.79 Å². The van der Waals surface area contributed by atoms with Gasteiger partial charge in [-0.25, -0.2) is 4.98 Å². The van der Waals surface area contributed by atoms with E-state index in [1.54, 1.807) is 24.8 Å². The zero-order valence-electron chi connectivity index (χ0n) is 10.4. The number of carbonyl (C=O) groups is 1. The van der Waals surface area contributed by atoms with E-state index >= 15 is 0 Å². The number of aromatic nitrogens is 3. The van der Waals surface area contributed by atoms with Gasteiger partial charge in [0.05, 0.1) is 6.20 Å². The van der Waals surface area contributed by atoms with Crippen LogP contribution >= 0.6 is 0 Å². The Bertz CT molecular complexity index is 554. The van der Waals surface area contributed by atoms with Crippen molar-refractivity contribution >= 4 is 5.91 Å². The minimum absolute atomic E-state index is 0.0561. The van der Waals surface area contributed by atoms with Crippen LogP contribution in [-0.4, -0.2) is 31.8 Å². The van der Waals surface area contributed by atoms with Crippen LogP contribution in [0.2, 0.25) is 0 Å². The van der Waals surface area contributed by atoms with E-state index in [1.807, 2.05) is 17.0 Å². The van der Waals surface area contributed by atoms with Gasteiger partial charge in [0.2, 0.25) is 0 Å². The van der Waals surface area contributed by atoms with E-state index in [1.165, 1.54) is 6.20 Å². The van der Waals surface area contributed by atoms with Gasteiger partial charge in [-0.2, -0.15) is 0 Å². The second-order valence-corrected chi connectivity index (χ2v) is 4.62. The first-order chi connectivity index (χ1) is 9.34. The molecule has 0 atom stereocenters. The summed E-state index contributed by atoms with van der Waals surface area (Å²) in [4.78, 5) is 26.4. The molecule has 0 bridgehead atoms. The highest BCUT2D eigenvalue weighted by Crippen LogP contribution is 2.29. The number of amides is 1. The molecule has 0 aliphatic heterocycles. The number of rotatable bonds is 4. The Morgan fingerprint density at radius 1 is 1.21 bits per heavy atom. The molecule has 1 aliphatic rings. The molecule has 0 N–H and O–H groups in total. The lowest BCUT2D eigenvalue weighted by Gasteiger charge is -2.21. The van der Waals surface area contributed by atoms with E-state index in [0.29, 0.717) is 18.3 Å². The fourth-order valence-corrected chi connectivity index (χ4v) is 2.00. The smallest absolute Gasteiger partial charge is 0.274 e. The summed E-state index contributed by atoms with van der Waals surface area (Å²) >= 11 is 0. The summed E-state index contributed by atoms with van der Waals surface area (Å²) in [6, 6.07) is 4.19. The third-order valence-electron chi connectivity index (χ3n) is 3.11. The van der Waals surface area contributed by atoms with Crippen molar-refractivity contribution in [1.29, 1.82) is 0 Å². The maximum absolute atomic E-state index is 12.4. The van der Waals surface area contributed by atoms with Crippen LogP contribution in [0.3, 0.4) is 0 Å². The number of pyridine rings is 1. The molecule has 1 aliphatic carbocycles. The summed E-state index contributed by atoms with van der Waals surface area (Å²) in [6.45, 7) is 0.577. The molecule has 1 fully saturated rings.